The summed E-state index contributed by atoms with van der Waals surface area (Å²) < 4.78 is 0. The van der Waals surface area contributed by atoms with E-state index in [0.717, 1.165) is 0 Å². The zero-order valence-corrected chi connectivity index (χ0v) is 6.77. The number of hydrogen-bond donors (Lipinski definition) is 2. The van der Waals surface area contributed by atoms with Crippen LogP contribution in [0, 0.1) is 0 Å². The maximum atomic E-state index is 10.4. The van der Waals surface area contributed by atoms with Crippen molar-refractivity contribution >= 4 is 5.78 Å². The number of carbonyl (C=O) groups excluding carboxylic acids is 1. The average Bonchev–Trinajstić information content (AvgIpc) is 1.59. The summed E-state index contributed by atoms with van der Waals surface area (Å²) >= 11 is 0. The minimum Gasteiger partial charge on any atom is -0.389 e. The third kappa shape index (κ3) is 7.59. The van der Waals surface area contributed by atoms with Crippen LogP contribution in [0.25, 0.3) is 0 Å². The van der Waals surface area contributed by atoms with Gasteiger partial charge in [-0.15, -0.1) is 0 Å². The Labute approximate surface area is 61.4 Å². The topological polar surface area (TPSA) is 49.3 Å². The largest absolute Gasteiger partial charge is 0.389 e. The molecule has 0 aliphatic heterocycles. The van der Waals surface area contributed by atoms with Gasteiger partial charge in [0.25, 0.3) is 0 Å². The first kappa shape index (κ1) is 9.59. The van der Waals surface area contributed by atoms with Gasteiger partial charge in [0.15, 0.2) is 0 Å². The van der Waals surface area contributed by atoms with E-state index < -0.39 is 5.60 Å². The first-order valence-corrected chi connectivity index (χ1v) is 3.34. The van der Waals surface area contributed by atoms with E-state index in [0.29, 0.717) is 13.1 Å². The van der Waals surface area contributed by atoms with E-state index in [2.05, 4.69) is 5.32 Å². The van der Waals surface area contributed by atoms with E-state index in [9.17, 15) is 4.79 Å². The summed E-state index contributed by atoms with van der Waals surface area (Å²) in [6, 6.07) is 0. The number of carbonyl (C=O) groups is 1. The van der Waals surface area contributed by atoms with Crippen molar-refractivity contribution in [3.8, 4) is 0 Å². The van der Waals surface area contributed by atoms with Crippen LogP contribution >= 0.6 is 0 Å². The Hall–Kier alpha value is -0.410. The Kier molecular flexibility index (Phi) is 3.53. The lowest BCUT2D eigenvalue weighted by Gasteiger charge is -2.16. The van der Waals surface area contributed by atoms with Crippen molar-refractivity contribution in [1.82, 2.24) is 5.32 Å². The maximum Gasteiger partial charge on any atom is 0.143 e. The van der Waals surface area contributed by atoms with E-state index in [-0.39, 0.29) is 5.78 Å². The number of rotatable bonds is 4. The fraction of sp³-hybridized carbons (Fsp3) is 0.857. The van der Waals surface area contributed by atoms with Crippen LogP contribution in [0.4, 0.5) is 0 Å². The lowest BCUT2D eigenvalue weighted by molar-refractivity contribution is -0.116. The fourth-order valence-electron chi connectivity index (χ4n) is 0.544. The summed E-state index contributed by atoms with van der Waals surface area (Å²) in [6.45, 7) is 5.69. The normalized spacial score (nSPS) is 11.6. The Morgan fingerprint density at radius 1 is 1.60 bits per heavy atom. The molecule has 60 valence electrons. The van der Waals surface area contributed by atoms with Crippen molar-refractivity contribution < 1.29 is 9.90 Å². The molecule has 2 N–H and O–H groups in total. The van der Waals surface area contributed by atoms with Crippen molar-refractivity contribution in [2.75, 3.05) is 13.1 Å². The highest BCUT2D eigenvalue weighted by atomic mass is 16.3. The number of nitrogens with one attached hydrogen (secondary N) is 1. The van der Waals surface area contributed by atoms with Crippen LogP contribution in [-0.2, 0) is 4.79 Å². The molecule has 0 unspecified atom stereocenters. The second-order valence-corrected chi connectivity index (χ2v) is 3.12. The molecule has 0 bridgehead atoms. The van der Waals surface area contributed by atoms with Crippen LogP contribution in [0.5, 0.6) is 0 Å². The molecule has 0 saturated heterocycles. The molecule has 3 heteroatoms. The molecule has 0 aliphatic carbocycles. The Bertz CT molecular complexity index is 115. The number of aliphatic hydroxyl groups is 1. The zero-order chi connectivity index (χ0) is 8.20. The quantitative estimate of drug-likeness (QED) is 0.582. The lowest BCUT2D eigenvalue weighted by Crippen LogP contribution is -2.36. The number of hydrogen-bond acceptors (Lipinski definition) is 3. The summed E-state index contributed by atoms with van der Waals surface area (Å²) in [7, 11) is 0. The van der Waals surface area contributed by atoms with Crippen molar-refractivity contribution in [3.63, 3.8) is 0 Å². The molecule has 0 spiro atoms. The van der Waals surface area contributed by atoms with E-state index >= 15 is 0 Å². The SMILES string of the molecule is CC(=O)CNCC(C)(C)O. The van der Waals surface area contributed by atoms with Crippen LogP contribution in [-0.4, -0.2) is 29.6 Å². The summed E-state index contributed by atoms with van der Waals surface area (Å²) in [6.07, 6.45) is 0. The minimum absolute atomic E-state index is 0.0873. The molecule has 10 heavy (non-hydrogen) atoms. The molecular weight excluding hydrogens is 130 g/mol. The first-order chi connectivity index (χ1) is 4.42. The monoisotopic (exact) mass is 145 g/mol. The standard InChI is InChI=1S/C7H15NO2/c1-6(9)4-8-5-7(2,3)10/h8,10H,4-5H2,1-3H3. The van der Waals surface area contributed by atoms with Gasteiger partial charge in [0.1, 0.15) is 5.78 Å². The molecule has 0 heterocycles. The first-order valence-electron chi connectivity index (χ1n) is 3.34. The van der Waals surface area contributed by atoms with E-state index in [1.165, 1.54) is 6.92 Å². The zero-order valence-electron chi connectivity index (χ0n) is 6.77. The van der Waals surface area contributed by atoms with Crippen LogP contribution in [0.3, 0.4) is 0 Å². The summed E-state index contributed by atoms with van der Waals surface area (Å²) in [5, 5.41) is 12.0. The molecule has 0 aromatic carbocycles. The molecule has 0 fully saturated rings. The van der Waals surface area contributed by atoms with Crippen LogP contribution in [0.2, 0.25) is 0 Å². The smallest absolute Gasteiger partial charge is 0.143 e. The molecule has 0 aromatic rings. The van der Waals surface area contributed by atoms with Gasteiger partial charge in [-0.2, -0.15) is 0 Å². The lowest BCUT2D eigenvalue weighted by atomic mass is 10.1. The maximum absolute atomic E-state index is 10.4. The summed E-state index contributed by atoms with van der Waals surface area (Å²) in [5.41, 5.74) is -0.727. The second-order valence-electron chi connectivity index (χ2n) is 3.12. The van der Waals surface area contributed by atoms with Crippen LogP contribution < -0.4 is 5.32 Å². The van der Waals surface area contributed by atoms with E-state index in [1.54, 1.807) is 13.8 Å². The van der Waals surface area contributed by atoms with Gasteiger partial charge in [0, 0.05) is 6.54 Å². The third-order valence-electron chi connectivity index (χ3n) is 0.932. The van der Waals surface area contributed by atoms with Gasteiger partial charge < -0.3 is 10.4 Å². The van der Waals surface area contributed by atoms with Crippen LogP contribution in [0.15, 0.2) is 0 Å². The van der Waals surface area contributed by atoms with Gasteiger partial charge in [-0.3, -0.25) is 4.79 Å². The van der Waals surface area contributed by atoms with Crippen LogP contribution in [0.1, 0.15) is 20.8 Å². The number of ketones is 1. The second kappa shape index (κ2) is 3.68. The average molecular weight is 145 g/mol. The minimum atomic E-state index is -0.727. The molecule has 0 radical (unpaired) electrons. The molecule has 0 atom stereocenters. The van der Waals surface area contributed by atoms with Crippen molar-refractivity contribution in [2.24, 2.45) is 0 Å². The molecule has 0 aliphatic rings. The van der Waals surface area contributed by atoms with Crippen molar-refractivity contribution in [3.05, 3.63) is 0 Å². The Balaban J connectivity index is 3.29. The molecule has 0 aromatic heterocycles. The highest BCUT2D eigenvalue weighted by molar-refractivity contribution is 5.77. The Morgan fingerprint density at radius 3 is 2.40 bits per heavy atom. The van der Waals surface area contributed by atoms with Crippen molar-refractivity contribution in [2.45, 2.75) is 26.4 Å². The molecule has 3 nitrogen and oxygen atoms in total. The van der Waals surface area contributed by atoms with Gasteiger partial charge in [-0.05, 0) is 20.8 Å². The predicted octanol–water partition coefficient (Wildman–Crippen LogP) is -0.0641. The summed E-state index contributed by atoms with van der Waals surface area (Å²) in [4.78, 5) is 10.4. The summed E-state index contributed by atoms with van der Waals surface area (Å²) in [5.74, 6) is 0.0873. The highest BCUT2D eigenvalue weighted by Crippen LogP contribution is 1.96. The van der Waals surface area contributed by atoms with Gasteiger partial charge in [-0.25, -0.2) is 0 Å². The van der Waals surface area contributed by atoms with E-state index in [4.69, 9.17) is 5.11 Å². The van der Waals surface area contributed by atoms with E-state index in [1.807, 2.05) is 0 Å². The van der Waals surface area contributed by atoms with Crippen molar-refractivity contribution in [1.29, 1.82) is 0 Å². The molecule has 0 amide bonds. The predicted molar refractivity (Wildman–Crippen MR) is 39.8 cm³/mol. The van der Waals surface area contributed by atoms with Gasteiger partial charge in [0.05, 0.1) is 12.1 Å². The van der Waals surface area contributed by atoms with Gasteiger partial charge in [0.2, 0.25) is 0 Å². The third-order valence-corrected chi connectivity index (χ3v) is 0.932. The van der Waals surface area contributed by atoms with Gasteiger partial charge in [-0.1, -0.05) is 0 Å². The number of Topliss-reactive ketones (excluding diaryl/α,β-unsaturated/α-hetero) is 1. The molecule has 0 rings (SSSR count). The molecular formula is C7H15NO2. The Morgan fingerprint density at radius 2 is 2.10 bits per heavy atom. The fourth-order valence-corrected chi connectivity index (χ4v) is 0.544. The molecule has 0 saturated carbocycles. The van der Waals surface area contributed by atoms with Gasteiger partial charge >= 0.3 is 0 Å². The highest BCUT2D eigenvalue weighted by Gasteiger charge is 2.10.